The summed E-state index contributed by atoms with van der Waals surface area (Å²) in [6.07, 6.45) is 1.55. The second kappa shape index (κ2) is 12.2. The molecule has 5 rings (SSSR count). The Hall–Kier alpha value is -4.11. The van der Waals surface area contributed by atoms with Crippen molar-refractivity contribution in [2.24, 2.45) is 0 Å². The van der Waals surface area contributed by atoms with Gasteiger partial charge in [-0.3, -0.25) is 14.5 Å². The molecule has 2 amide bonds. The van der Waals surface area contributed by atoms with Crippen molar-refractivity contribution < 1.29 is 23.8 Å². The van der Waals surface area contributed by atoms with Crippen molar-refractivity contribution >= 4 is 34.8 Å². The molecule has 0 aliphatic carbocycles. The van der Waals surface area contributed by atoms with Crippen LogP contribution in [-0.2, 0) is 22.6 Å². The summed E-state index contributed by atoms with van der Waals surface area (Å²) in [7, 11) is 0. The topological polar surface area (TPSA) is 80.3 Å². The predicted molar refractivity (Wildman–Crippen MR) is 152 cm³/mol. The molecule has 1 unspecified atom stereocenters. The predicted octanol–water partition coefficient (Wildman–Crippen LogP) is 4.77. The minimum absolute atomic E-state index is 0.0283. The zero-order chi connectivity index (χ0) is 27.2. The molecular weight excluding hydrogens is 514 g/mol. The zero-order valence-corrected chi connectivity index (χ0v) is 22.6. The van der Waals surface area contributed by atoms with Gasteiger partial charge >= 0.3 is 0 Å². The van der Waals surface area contributed by atoms with Crippen LogP contribution in [0.1, 0.15) is 30.9 Å². The summed E-state index contributed by atoms with van der Waals surface area (Å²) in [6.45, 7) is 3.67. The van der Waals surface area contributed by atoms with Crippen LogP contribution in [0.2, 0.25) is 0 Å². The fraction of sp³-hybridized carbons (Fsp3) is 0.300. The maximum atomic E-state index is 13.6. The highest BCUT2D eigenvalue weighted by molar-refractivity contribution is 7.80. The Balaban J connectivity index is 1.30. The van der Waals surface area contributed by atoms with E-state index in [4.69, 9.17) is 26.4 Å². The molecule has 0 aromatic heterocycles. The quantitative estimate of drug-likeness (QED) is 0.348. The Bertz CT molecular complexity index is 1330. The first-order valence-electron chi connectivity index (χ1n) is 13.1. The maximum absolute atomic E-state index is 13.6. The second-order valence-electron chi connectivity index (χ2n) is 9.46. The summed E-state index contributed by atoms with van der Waals surface area (Å²) < 4.78 is 16.6. The summed E-state index contributed by atoms with van der Waals surface area (Å²) in [5.74, 6) is 1.65. The van der Waals surface area contributed by atoms with Crippen LogP contribution in [0.3, 0.4) is 0 Å². The van der Waals surface area contributed by atoms with Crippen LogP contribution in [0.15, 0.2) is 72.8 Å². The van der Waals surface area contributed by atoms with Gasteiger partial charge in [0.1, 0.15) is 11.8 Å². The first-order valence-corrected chi connectivity index (χ1v) is 13.5. The Morgan fingerprint density at radius 1 is 1.03 bits per heavy atom. The number of anilines is 1. The van der Waals surface area contributed by atoms with Gasteiger partial charge in [-0.1, -0.05) is 43.3 Å². The minimum atomic E-state index is -0.717. The van der Waals surface area contributed by atoms with E-state index < -0.39 is 6.04 Å². The molecule has 3 aromatic carbocycles. The number of ether oxygens (including phenoxy) is 3. The van der Waals surface area contributed by atoms with E-state index in [0.29, 0.717) is 48.4 Å². The third kappa shape index (κ3) is 6.31. The summed E-state index contributed by atoms with van der Waals surface area (Å²) in [6, 6.07) is 22.1. The minimum Gasteiger partial charge on any atom is -0.494 e. The van der Waals surface area contributed by atoms with Gasteiger partial charge in [0.15, 0.2) is 16.6 Å². The average Bonchev–Trinajstić information content (AvgIpc) is 3.50. The van der Waals surface area contributed by atoms with E-state index in [1.807, 2.05) is 72.5 Å². The molecule has 2 aliphatic rings. The number of benzene rings is 3. The first-order chi connectivity index (χ1) is 19.0. The van der Waals surface area contributed by atoms with Crippen LogP contribution in [0.25, 0.3) is 0 Å². The van der Waals surface area contributed by atoms with Crippen molar-refractivity contribution in [1.29, 1.82) is 0 Å². The SMILES string of the molecule is CCCOc1ccc(NC(=O)CC2C(=O)N(CCc3ccccc3)C(=S)N2Cc2ccc3c(c2)OCO3)cc1. The van der Waals surface area contributed by atoms with Crippen molar-refractivity contribution in [3.63, 3.8) is 0 Å². The standard InChI is InChI=1S/C30H31N3O5S/c1-2-16-36-24-11-9-23(10-12-24)31-28(34)18-25-29(35)32(15-14-21-6-4-3-5-7-21)30(39)33(25)19-22-8-13-26-27(17-22)38-20-37-26/h3-13,17,25H,2,14-16,18-20H2,1H3,(H,31,34). The molecule has 1 atom stereocenters. The number of amides is 2. The number of carbonyl (C=O) groups excluding carboxylic acids is 2. The summed E-state index contributed by atoms with van der Waals surface area (Å²) in [5.41, 5.74) is 2.66. The molecular formula is C30H31N3O5S. The average molecular weight is 546 g/mol. The lowest BCUT2D eigenvalue weighted by Gasteiger charge is -2.24. The van der Waals surface area contributed by atoms with Gasteiger partial charge in [-0.15, -0.1) is 0 Å². The van der Waals surface area contributed by atoms with E-state index >= 15 is 0 Å². The van der Waals surface area contributed by atoms with Crippen molar-refractivity contribution in [1.82, 2.24) is 9.80 Å². The lowest BCUT2D eigenvalue weighted by molar-refractivity contribution is -0.130. The molecule has 0 bridgehead atoms. The Labute approximate surface area is 233 Å². The summed E-state index contributed by atoms with van der Waals surface area (Å²) in [4.78, 5) is 30.2. The number of hydrogen-bond acceptors (Lipinski definition) is 6. The smallest absolute Gasteiger partial charge is 0.252 e. The van der Waals surface area contributed by atoms with Crippen molar-refractivity contribution in [3.05, 3.63) is 83.9 Å². The van der Waals surface area contributed by atoms with Crippen molar-refractivity contribution in [3.8, 4) is 17.2 Å². The van der Waals surface area contributed by atoms with Crippen LogP contribution < -0.4 is 19.5 Å². The highest BCUT2D eigenvalue weighted by Crippen LogP contribution is 2.34. The van der Waals surface area contributed by atoms with Crippen LogP contribution in [0.5, 0.6) is 17.2 Å². The number of hydrogen-bond donors (Lipinski definition) is 1. The zero-order valence-electron chi connectivity index (χ0n) is 21.8. The largest absolute Gasteiger partial charge is 0.494 e. The van der Waals surface area contributed by atoms with Gasteiger partial charge in [-0.25, -0.2) is 0 Å². The summed E-state index contributed by atoms with van der Waals surface area (Å²) >= 11 is 5.79. The second-order valence-corrected chi connectivity index (χ2v) is 9.83. The third-order valence-corrected chi connectivity index (χ3v) is 7.11. The van der Waals surface area contributed by atoms with Crippen LogP contribution >= 0.6 is 12.2 Å². The monoisotopic (exact) mass is 545 g/mol. The molecule has 1 saturated heterocycles. The first kappa shape index (κ1) is 26.5. The molecule has 39 heavy (non-hydrogen) atoms. The number of thiocarbonyl (C=S) groups is 1. The van der Waals surface area contributed by atoms with Crippen LogP contribution in [0.4, 0.5) is 5.69 Å². The normalized spacial score (nSPS) is 16.1. The molecule has 0 radical (unpaired) electrons. The van der Waals surface area contributed by atoms with Gasteiger partial charge in [-0.05, 0) is 72.6 Å². The number of carbonyl (C=O) groups is 2. The van der Waals surface area contributed by atoms with Gasteiger partial charge in [0.2, 0.25) is 12.7 Å². The molecule has 0 spiro atoms. The number of nitrogens with zero attached hydrogens (tertiary/aromatic N) is 2. The highest BCUT2D eigenvalue weighted by Gasteiger charge is 2.43. The molecule has 8 nitrogen and oxygen atoms in total. The fourth-order valence-electron chi connectivity index (χ4n) is 4.64. The fourth-order valence-corrected chi connectivity index (χ4v) is 5.01. The van der Waals surface area contributed by atoms with E-state index in [1.165, 1.54) is 0 Å². The molecule has 202 valence electrons. The van der Waals surface area contributed by atoms with E-state index in [1.54, 1.807) is 17.0 Å². The number of fused-ring (bicyclic) bond motifs is 1. The molecule has 9 heteroatoms. The Morgan fingerprint density at radius 2 is 1.79 bits per heavy atom. The van der Waals surface area contributed by atoms with E-state index in [0.717, 1.165) is 23.3 Å². The highest BCUT2D eigenvalue weighted by atomic mass is 32.1. The van der Waals surface area contributed by atoms with Crippen molar-refractivity contribution in [2.45, 2.75) is 38.8 Å². The third-order valence-electron chi connectivity index (χ3n) is 6.65. The van der Waals surface area contributed by atoms with Gasteiger partial charge in [-0.2, -0.15) is 0 Å². The van der Waals surface area contributed by atoms with Crippen molar-refractivity contribution in [2.75, 3.05) is 25.3 Å². The lowest BCUT2D eigenvalue weighted by atomic mass is 10.1. The van der Waals surface area contributed by atoms with E-state index in [2.05, 4.69) is 5.32 Å². The lowest BCUT2D eigenvalue weighted by Crippen LogP contribution is -2.37. The maximum Gasteiger partial charge on any atom is 0.252 e. The Morgan fingerprint density at radius 3 is 2.56 bits per heavy atom. The Kier molecular flexibility index (Phi) is 8.27. The van der Waals surface area contributed by atoms with Gasteiger partial charge < -0.3 is 24.4 Å². The molecule has 0 saturated carbocycles. The number of nitrogens with one attached hydrogen (secondary N) is 1. The van der Waals surface area contributed by atoms with Gasteiger partial charge in [0, 0.05) is 18.8 Å². The molecule has 1 fully saturated rings. The molecule has 2 heterocycles. The van der Waals surface area contributed by atoms with E-state index in [9.17, 15) is 9.59 Å². The van der Waals surface area contributed by atoms with Crippen LogP contribution in [-0.4, -0.2) is 52.7 Å². The summed E-state index contributed by atoms with van der Waals surface area (Å²) in [5, 5.41) is 3.33. The molecule has 2 aliphatic heterocycles. The molecule has 3 aromatic rings. The number of rotatable bonds is 11. The molecule has 1 N–H and O–H groups in total. The van der Waals surface area contributed by atoms with Gasteiger partial charge in [0.05, 0.1) is 13.0 Å². The van der Waals surface area contributed by atoms with E-state index in [-0.39, 0.29) is 25.0 Å². The van der Waals surface area contributed by atoms with Crippen LogP contribution in [0, 0.1) is 0 Å². The van der Waals surface area contributed by atoms with Gasteiger partial charge in [0.25, 0.3) is 5.91 Å².